The molecule has 0 aliphatic heterocycles. The molecule has 0 fully saturated rings. The van der Waals surface area contributed by atoms with E-state index in [4.69, 9.17) is 25.1 Å². The number of ether oxygens (including phenoxy) is 3. The molecule has 0 heterocycles. The summed E-state index contributed by atoms with van der Waals surface area (Å²) in [5, 5.41) is 8.57. The summed E-state index contributed by atoms with van der Waals surface area (Å²) in [6.45, 7) is 0.259. The van der Waals surface area contributed by atoms with Crippen LogP contribution in [-0.4, -0.2) is 37.8 Å². The highest BCUT2D eigenvalue weighted by Gasteiger charge is 2.11. The Hall–Kier alpha value is -2.70. The van der Waals surface area contributed by atoms with Gasteiger partial charge in [0, 0.05) is 24.6 Å². The Morgan fingerprint density at radius 1 is 1.23 bits per heavy atom. The molecule has 0 bridgehead atoms. The molecule has 0 aliphatic carbocycles. The van der Waals surface area contributed by atoms with Crippen LogP contribution in [0.3, 0.4) is 0 Å². The highest BCUT2D eigenvalue weighted by Crippen LogP contribution is 2.35. The zero-order valence-corrected chi connectivity index (χ0v) is 12.5. The lowest BCUT2D eigenvalue weighted by molar-refractivity contribution is -0.137. The Morgan fingerprint density at radius 2 is 1.82 bits per heavy atom. The maximum Gasteiger partial charge on any atom is 0.303 e. The molecule has 0 aromatic heterocycles. The number of rotatable bonds is 9. The second-order valence-electron chi connectivity index (χ2n) is 4.32. The summed E-state index contributed by atoms with van der Waals surface area (Å²) < 4.78 is 16.0. The van der Waals surface area contributed by atoms with E-state index in [9.17, 15) is 9.59 Å². The number of methoxy groups -OCH3 is 2. The van der Waals surface area contributed by atoms with E-state index < -0.39 is 11.9 Å². The van der Waals surface area contributed by atoms with E-state index in [0.717, 1.165) is 0 Å². The number of carbonyl (C=O) groups excluding carboxylic acids is 1. The molecule has 7 heteroatoms. The number of hydrogen-bond acceptors (Lipinski definition) is 5. The topological polar surface area (TPSA) is 108 Å². The molecule has 22 heavy (non-hydrogen) atoms. The molecule has 0 spiro atoms. The van der Waals surface area contributed by atoms with Gasteiger partial charge in [0.15, 0.2) is 0 Å². The number of amides is 1. The lowest BCUT2D eigenvalue weighted by atomic mass is 10.1. The largest absolute Gasteiger partial charge is 0.496 e. The van der Waals surface area contributed by atoms with Gasteiger partial charge in [0.1, 0.15) is 17.2 Å². The van der Waals surface area contributed by atoms with Gasteiger partial charge in [0.05, 0.1) is 26.4 Å². The zero-order valence-electron chi connectivity index (χ0n) is 12.5. The van der Waals surface area contributed by atoms with Gasteiger partial charge < -0.3 is 25.1 Å². The predicted octanol–water partition coefficient (Wildman–Crippen LogP) is 1.45. The van der Waals surface area contributed by atoms with Gasteiger partial charge in [-0.15, -0.1) is 0 Å². The molecule has 0 radical (unpaired) electrons. The SMILES string of the molecule is COc1cc(OCCCC(=O)O)cc(OC)c1/C=C/C(N)=O. The minimum Gasteiger partial charge on any atom is -0.496 e. The fourth-order valence-corrected chi connectivity index (χ4v) is 1.74. The van der Waals surface area contributed by atoms with Gasteiger partial charge in [-0.3, -0.25) is 9.59 Å². The van der Waals surface area contributed by atoms with Crippen molar-refractivity contribution in [2.24, 2.45) is 5.73 Å². The Kier molecular flexibility index (Phi) is 6.75. The van der Waals surface area contributed by atoms with Crippen molar-refractivity contribution < 1.29 is 28.9 Å². The first-order chi connectivity index (χ1) is 10.5. The van der Waals surface area contributed by atoms with Crippen molar-refractivity contribution in [1.29, 1.82) is 0 Å². The summed E-state index contributed by atoms with van der Waals surface area (Å²) in [6.07, 6.45) is 3.12. The van der Waals surface area contributed by atoms with E-state index in [1.165, 1.54) is 26.4 Å². The van der Waals surface area contributed by atoms with Crippen molar-refractivity contribution in [2.45, 2.75) is 12.8 Å². The van der Waals surface area contributed by atoms with Crippen LogP contribution in [0.4, 0.5) is 0 Å². The van der Waals surface area contributed by atoms with E-state index in [1.54, 1.807) is 12.1 Å². The molecule has 1 aromatic rings. The first-order valence-electron chi connectivity index (χ1n) is 6.56. The van der Waals surface area contributed by atoms with Crippen molar-refractivity contribution in [3.63, 3.8) is 0 Å². The molecule has 0 unspecified atom stereocenters. The van der Waals surface area contributed by atoms with Crippen LogP contribution < -0.4 is 19.9 Å². The molecule has 0 saturated heterocycles. The number of nitrogens with two attached hydrogens (primary N) is 1. The van der Waals surface area contributed by atoms with Gasteiger partial charge in [0.2, 0.25) is 5.91 Å². The quantitative estimate of drug-likeness (QED) is 0.528. The molecule has 0 atom stereocenters. The van der Waals surface area contributed by atoms with Crippen LogP contribution in [0.2, 0.25) is 0 Å². The summed E-state index contributed by atoms with van der Waals surface area (Å²) >= 11 is 0. The molecule has 0 saturated carbocycles. The summed E-state index contributed by atoms with van der Waals surface area (Å²) in [4.78, 5) is 21.3. The monoisotopic (exact) mass is 309 g/mol. The Balaban J connectivity index is 2.93. The van der Waals surface area contributed by atoms with Crippen LogP contribution in [0, 0.1) is 0 Å². The number of carboxylic acids is 1. The van der Waals surface area contributed by atoms with E-state index >= 15 is 0 Å². The van der Waals surface area contributed by atoms with Crippen LogP contribution in [-0.2, 0) is 9.59 Å². The molecule has 1 rings (SSSR count). The third-order valence-corrected chi connectivity index (χ3v) is 2.74. The molecule has 1 amide bonds. The Bertz CT molecular complexity index is 542. The maximum atomic E-state index is 10.8. The van der Waals surface area contributed by atoms with Crippen molar-refractivity contribution in [1.82, 2.24) is 0 Å². The molecule has 120 valence electrons. The van der Waals surface area contributed by atoms with E-state index in [2.05, 4.69) is 0 Å². The average molecular weight is 309 g/mol. The maximum absolute atomic E-state index is 10.8. The molecule has 0 aliphatic rings. The van der Waals surface area contributed by atoms with Crippen LogP contribution in [0.1, 0.15) is 18.4 Å². The zero-order chi connectivity index (χ0) is 16.5. The highest BCUT2D eigenvalue weighted by atomic mass is 16.5. The molecule has 3 N–H and O–H groups in total. The average Bonchev–Trinajstić information content (AvgIpc) is 2.48. The number of carbonyl (C=O) groups is 2. The molecule has 1 aromatic carbocycles. The molecule has 7 nitrogen and oxygen atoms in total. The van der Waals surface area contributed by atoms with Gasteiger partial charge in [-0.1, -0.05) is 0 Å². The number of primary amides is 1. The second kappa shape index (κ2) is 8.56. The Morgan fingerprint density at radius 3 is 2.27 bits per heavy atom. The second-order valence-corrected chi connectivity index (χ2v) is 4.32. The normalized spacial score (nSPS) is 10.5. The summed E-state index contributed by atoms with van der Waals surface area (Å²) in [5.74, 6) is -0.0747. The van der Waals surface area contributed by atoms with Crippen LogP contribution >= 0.6 is 0 Å². The first kappa shape index (κ1) is 17.4. The van der Waals surface area contributed by atoms with Gasteiger partial charge in [-0.2, -0.15) is 0 Å². The van der Waals surface area contributed by atoms with Crippen molar-refractivity contribution in [3.8, 4) is 17.2 Å². The fourth-order valence-electron chi connectivity index (χ4n) is 1.74. The minimum absolute atomic E-state index is 0.0354. The van der Waals surface area contributed by atoms with Gasteiger partial charge in [-0.05, 0) is 12.5 Å². The van der Waals surface area contributed by atoms with Crippen LogP contribution in [0.15, 0.2) is 18.2 Å². The summed E-state index contributed by atoms with van der Waals surface area (Å²) in [7, 11) is 2.95. The van der Waals surface area contributed by atoms with Gasteiger partial charge in [0.25, 0.3) is 0 Å². The highest BCUT2D eigenvalue weighted by molar-refractivity contribution is 5.91. The van der Waals surface area contributed by atoms with Crippen molar-refractivity contribution in [3.05, 3.63) is 23.8 Å². The fraction of sp³-hybridized carbons (Fsp3) is 0.333. The third kappa shape index (κ3) is 5.35. The van der Waals surface area contributed by atoms with Crippen molar-refractivity contribution in [2.75, 3.05) is 20.8 Å². The van der Waals surface area contributed by atoms with Crippen LogP contribution in [0.25, 0.3) is 6.08 Å². The summed E-state index contributed by atoms with van der Waals surface area (Å²) in [5.41, 5.74) is 5.64. The van der Waals surface area contributed by atoms with Crippen molar-refractivity contribution >= 4 is 18.0 Å². The first-order valence-corrected chi connectivity index (χ1v) is 6.56. The number of hydrogen-bond donors (Lipinski definition) is 2. The van der Waals surface area contributed by atoms with Crippen LogP contribution in [0.5, 0.6) is 17.2 Å². The van der Waals surface area contributed by atoms with E-state index in [1.807, 2.05) is 0 Å². The minimum atomic E-state index is -0.870. The van der Waals surface area contributed by atoms with Gasteiger partial charge >= 0.3 is 5.97 Å². The lowest BCUT2D eigenvalue weighted by Gasteiger charge is -2.13. The number of benzene rings is 1. The predicted molar refractivity (Wildman–Crippen MR) is 80.1 cm³/mol. The van der Waals surface area contributed by atoms with Gasteiger partial charge in [-0.25, -0.2) is 0 Å². The number of aliphatic carboxylic acids is 1. The standard InChI is InChI=1S/C15H19NO6/c1-20-12-8-10(22-7-3-4-15(18)19)9-13(21-2)11(12)5-6-14(16)17/h5-6,8-9H,3-4,7H2,1-2H3,(H2,16,17)(H,18,19)/b6-5+. The summed E-state index contributed by atoms with van der Waals surface area (Å²) in [6, 6.07) is 3.26. The molecular weight excluding hydrogens is 290 g/mol. The third-order valence-electron chi connectivity index (χ3n) is 2.74. The molecular formula is C15H19NO6. The smallest absolute Gasteiger partial charge is 0.303 e. The Labute approximate surface area is 128 Å². The number of carboxylic acid groups (broad SMARTS) is 1. The van der Waals surface area contributed by atoms with E-state index in [-0.39, 0.29) is 13.0 Å². The van der Waals surface area contributed by atoms with E-state index in [0.29, 0.717) is 29.2 Å². The lowest BCUT2D eigenvalue weighted by Crippen LogP contribution is -2.05.